The monoisotopic (exact) mass is 492 g/mol. The summed E-state index contributed by atoms with van der Waals surface area (Å²) in [6, 6.07) is 7.70. The normalized spacial score (nSPS) is 11.0. The van der Waals surface area contributed by atoms with E-state index in [1.54, 1.807) is 6.20 Å². The third-order valence-electron chi connectivity index (χ3n) is 4.58. The van der Waals surface area contributed by atoms with Crippen LogP contribution in [0.25, 0.3) is 0 Å². The van der Waals surface area contributed by atoms with Gasteiger partial charge in [0.25, 0.3) is 0 Å². The van der Waals surface area contributed by atoms with E-state index in [-0.39, 0.29) is 5.78 Å². The minimum absolute atomic E-state index is 0.185. The van der Waals surface area contributed by atoms with E-state index < -0.39 is 0 Å². The molecule has 28 heavy (non-hydrogen) atoms. The summed E-state index contributed by atoms with van der Waals surface area (Å²) in [5, 5.41) is 8.42. The molecule has 3 aromatic rings. The summed E-state index contributed by atoms with van der Waals surface area (Å²) in [6.07, 6.45) is 10.3. The summed E-state index contributed by atoms with van der Waals surface area (Å²) < 4.78 is 2.84. The number of aryl methyl sites for hydroxylation is 3. The molecule has 0 saturated heterocycles. The minimum Gasteiger partial charge on any atom is -0.369 e. The van der Waals surface area contributed by atoms with Crippen molar-refractivity contribution in [1.82, 2.24) is 25.0 Å². The number of Topliss-reactive ketones (excluding diaryl/α,β-unsaturated/α-hetero) is 1. The van der Waals surface area contributed by atoms with Crippen molar-refractivity contribution in [3.8, 4) is 0 Å². The number of hydrogen-bond donors (Lipinski definition) is 2. The SMILES string of the molecule is Nc1ncc(CCCCCc2cn(CCCC(=O)c3ccccc3I)nn2)[nH]1. The molecule has 7 nitrogen and oxygen atoms in total. The average molecular weight is 492 g/mol. The second-order valence-corrected chi connectivity index (χ2v) is 8.00. The van der Waals surface area contributed by atoms with Gasteiger partial charge in [0, 0.05) is 34.0 Å². The van der Waals surface area contributed by atoms with Gasteiger partial charge in [-0.05, 0) is 60.8 Å². The molecule has 0 fully saturated rings. The molecule has 0 amide bonds. The molecule has 0 radical (unpaired) electrons. The van der Waals surface area contributed by atoms with Gasteiger partial charge in [-0.2, -0.15) is 0 Å². The van der Waals surface area contributed by atoms with Crippen molar-refractivity contribution in [3.63, 3.8) is 0 Å². The van der Waals surface area contributed by atoms with Gasteiger partial charge in [0.15, 0.2) is 11.7 Å². The van der Waals surface area contributed by atoms with Crippen molar-refractivity contribution in [1.29, 1.82) is 0 Å². The zero-order chi connectivity index (χ0) is 19.8. The van der Waals surface area contributed by atoms with Crippen LogP contribution in [0, 0.1) is 3.57 Å². The maximum absolute atomic E-state index is 12.3. The summed E-state index contributed by atoms with van der Waals surface area (Å²) in [4.78, 5) is 19.4. The lowest BCUT2D eigenvalue weighted by molar-refractivity contribution is 0.0977. The number of nitrogens with two attached hydrogens (primary N) is 1. The van der Waals surface area contributed by atoms with Gasteiger partial charge in [-0.1, -0.05) is 29.8 Å². The molecule has 0 aliphatic carbocycles. The Labute approximate surface area is 178 Å². The smallest absolute Gasteiger partial charge is 0.197 e. The van der Waals surface area contributed by atoms with Gasteiger partial charge in [0.2, 0.25) is 0 Å². The van der Waals surface area contributed by atoms with E-state index in [0.29, 0.717) is 18.9 Å². The van der Waals surface area contributed by atoms with E-state index in [2.05, 4.69) is 42.9 Å². The number of aromatic nitrogens is 5. The fourth-order valence-electron chi connectivity index (χ4n) is 3.09. The Balaban J connectivity index is 1.32. The highest BCUT2D eigenvalue weighted by Gasteiger charge is 2.09. The number of carbonyl (C=O) groups excluding carboxylic acids is 1. The second-order valence-electron chi connectivity index (χ2n) is 6.83. The number of ketones is 1. The lowest BCUT2D eigenvalue weighted by atomic mass is 10.1. The molecule has 148 valence electrons. The molecule has 3 rings (SSSR count). The highest BCUT2D eigenvalue weighted by Crippen LogP contribution is 2.15. The van der Waals surface area contributed by atoms with E-state index in [9.17, 15) is 4.79 Å². The van der Waals surface area contributed by atoms with Crippen LogP contribution in [-0.4, -0.2) is 30.7 Å². The molecule has 0 spiro atoms. The summed E-state index contributed by atoms with van der Waals surface area (Å²) in [6.45, 7) is 0.712. The van der Waals surface area contributed by atoms with Crippen LogP contribution in [0.4, 0.5) is 5.95 Å². The number of nitrogens with one attached hydrogen (secondary N) is 1. The Hall–Kier alpha value is -2.23. The van der Waals surface area contributed by atoms with Crippen LogP contribution in [0.5, 0.6) is 0 Å². The number of benzene rings is 1. The summed E-state index contributed by atoms with van der Waals surface area (Å²) in [7, 11) is 0. The summed E-state index contributed by atoms with van der Waals surface area (Å²) in [5.74, 6) is 0.663. The number of unbranched alkanes of at least 4 members (excludes halogenated alkanes) is 2. The van der Waals surface area contributed by atoms with E-state index in [0.717, 1.165) is 59.0 Å². The molecule has 0 aliphatic rings. The van der Waals surface area contributed by atoms with Crippen LogP contribution in [0.2, 0.25) is 0 Å². The highest BCUT2D eigenvalue weighted by molar-refractivity contribution is 14.1. The zero-order valence-electron chi connectivity index (χ0n) is 15.8. The molecular formula is C20H25IN6O. The molecule has 0 atom stereocenters. The maximum atomic E-state index is 12.3. The quantitative estimate of drug-likeness (QED) is 0.241. The Morgan fingerprint density at radius 3 is 2.75 bits per heavy atom. The topological polar surface area (TPSA) is 102 Å². The second kappa shape index (κ2) is 10.4. The molecule has 0 bridgehead atoms. The van der Waals surface area contributed by atoms with E-state index in [1.165, 1.54) is 0 Å². The van der Waals surface area contributed by atoms with Gasteiger partial charge < -0.3 is 10.7 Å². The first-order valence-electron chi connectivity index (χ1n) is 9.58. The number of H-pyrrole nitrogens is 1. The van der Waals surface area contributed by atoms with Crippen LogP contribution in [0.15, 0.2) is 36.7 Å². The first-order chi connectivity index (χ1) is 13.6. The molecular weight excluding hydrogens is 467 g/mol. The molecule has 1 aromatic carbocycles. The van der Waals surface area contributed by atoms with Gasteiger partial charge in [-0.25, -0.2) is 4.98 Å². The highest BCUT2D eigenvalue weighted by atomic mass is 127. The number of halogens is 1. The van der Waals surface area contributed by atoms with Gasteiger partial charge >= 0.3 is 0 Å². The van der Waals surface area contributed by atoms with Crippen LogP contribution in [0.3, 0.4) is 0 Å². The number of rotatable bonds is 11. The lowest BCUT2D eigenvalue weighted by Crippen LogP contribution is -2.05. The number of anilines is 1. The van der Waals surface area contributed by atoms with Crippen molar-refractivity contribution < 1.29 is 4.79 Å². The number of carbonyl (C=O) groups is 1. The van der Waals surface area contributed by atoms with E-state index in [1.807, 2.05) is 35.1 Å². The van der Waals surface area contributed by atoms with E-state index in [4.69, 9.17) is 5.73 Å². The van der Waals surface area contributed by atoms with E-state index >= 15 is 0 Å². The molecule has 0 saturated carbocycles. The Bertz CT molecular complexity index is 904. The van der Waals surface area contributed by atoms with Crippen LogP contribution < -0.4 is 5.73 Å². The lowest BCUT2D eigenvalue weighted by Gasteiger charge is -2.03. The minimum atomic E-state index is 0.185. The number of imidazole rings is 1. The zero-order valence-corrected chi connectivity index (χ0v) is 17.9. The van der Waals surface area contributed by atoms with Crippen molar-refractivity contribution in [2.45, 2.75) is 51.5 Å². The molecule has 2 heterocycles. The first kappa shape index (κ1) is 20.5. The van der Waals surface area contributed by atoms with Crippen LogP contribution in [-0.2, 0) is 19.4 Å². The maximum Gasteiger partial charge on any atom is 0.197 e. The Morgan fingerprint density at radius 1 is 1.14 bits per heavy atom. The third kappa shape index (κ3) is 6.15. The van der Waals surface area contributed by atoms with Gasteiger partial charge in [-0.15, -0.1) is 5.10 Å². The van der Waals surface area contributed by atoms with Crippen molar-refractivity contribution in [3.05, 3.63) is 57.2 Å². The standard InChI is InChI=1S/C20H25IN6O/c21-18-10-5-4-9-17(18)19(28)11-6-12-27-14-16(25-26-27)8-3-1-2-7-15-13-23-20(22)24-15/h4-5,9-10,13-14H,1-3,6-8,11-12H2,(H3,22,23,24). The molecule has 3 N–H and O–H groups in total. The van der Waals surface area contributed by atoms with Crippen molar-refractivity contribution in [2.24, 2.45) is 0 Å². The van der Waals surface area contributed by atoms with Crippen LogP contribution >= 0.6 is 22.6 Å². The fourth-order valence-corrected chi connectivity index (χ4v) is 3.78. The van der Waals surface area contributed by atoms with Crippen molar-refractivity contribution >= 4 is 34.3 Å². The number of hydrogen-bond acceptors (Lipinski definition) is 5. The van der Waals surface area contributed by atoms with Crippen molar-refractivity contribution in [2.75, 3.05) is 5.73 Å². The predicted molar refractivity (Wildman–Crippen MR) is 117 cm³/mol. The Kier molecular flexibility index (Phi) is 7.58. The Morgan fingerprint density at radius 2 is 1.96 bits per heavy atom. The third-order valence-corrected chi connectivity index (χ3v) is 5.52. The fraction of sp³-hybridized carbons (Fsp3) is 0.400. The summed E-state index contributed by atoms with van der Waals surface area (Å²) in [5.41, 5.74) is 8.47. The van der Waals surface area contributed by atoms with Gasteiger partial charge in [0.05, 0.1) is 11.9 Å². The summed E-state index contributed by atoms with van der Waals surface area (Å²) >= 11 is 2.21. The van der Waals surface area contributed by atoms with Crippen LogP contribution in [0.1, 0.15) is 53.8 Å². The molecule has 8 heteroatoms. The molecule has 2 aromatic heterocycles. The number of nitrogen functional groups attached to an aromatic ring is 1. The molecule has 0 aliphatic heterocycles. The number of aromatic amines is 1. The first-order valence-corrected chi connectivity index (χ1v) is 10.7. The van der Waals surface area contributed by atoms with Gasteiger partial charge in [-0.3, -0.25) is 9.48 Å². The average Bonchev–Trinajstić information content (AvgIpc) is 3.30. The number of nitrogens with zero attached hydrogens (tertiary/aromatic N) is 4. The van der Waals surface area contributed by atoms with Gasteiger partial charge in [0.1, 0.15) is 0 Å². The largest absolute Gasteiger partial charge is 0.369 e. The predicted octanol–water partition coefficient (Wildman–Crippen LogP) is 3.81. The molecule has 0 unspecified atom stereocenters.